The molecule has 1 amide bonds. The highest BCUT2D eigenvalue weighted by Crippen LogP contribution is 2.49. The highest BCUT2D eigenvalue weighted by atomic mass is 16.2. The van der Waals surface area contributed by atoms with Crippen LogP contribution < -0.4 is 5.32 Å². The molecule has 1 aliphatic carbocycles. The SMILES string of the molecule is CC1(Cc2ccccc2)C(=O)Nc2ccccc2C2=C1CCc1ccccc12. The van der Waals surface area contributed by atoms with Crippen molar-refractivity contribution in [1.29, 1.82) is 0 Å². The number of para-hydroxylation sites is 1. The summed E-state index contributed by atoms with van der Waals surface area (Å²) in [5, 5.41) is 3.24. The Hall–Kier alpha value is -3.13. The van der Waals surface area contributed by atoms with Gasteiger partial charge >= 0.3 is 0 Å². The van der Waals surface area contributed by atoms with Gasteiger partial charge in [0.25, 0.3) is 0 Å². The first kappa shape index (κ1) is 17.0. The molecule has 0 spiro atoms. The van der Waals surface area contributed by atoms with Crippen LogP contribution in [0.15, 0.2) is 84.4 Å². The lowest BCUT2D eigenvalue weighted by Crippen LogP contribution is -2.37. The van der Waals surface area contributed by atoms with Gasteiger partial charge < -0.3 is 5.32 Å². The first-order chi connectivity index (χ1) is 13.7. The Balaban J connectivity index is 1.77. The maximum atomic E-state index is 13.5. The number of hydrogen-bond acceptors (Lipinski definition) is 1. The lowest BCUT2D eigenvalue weighted by Gasteiger charge is -2.34. The molecule has 1 heterocycles. The van der Waals surface area contributed by atoms with Crippen LogP contribution >= 0.6 is 0 Å². The van der Waals surface area contributed by atoms with Crippen molar-refractivity contribution in [2.45, 2.75) is 26.2 Å². The van der Waals surface area contributed by atoms with Gasteiger partial charge in [-0.25, -0.2) is 0 Å². The average molecular weight is 365 g/mol. The van der Waals surface area contributed by atoms with Gasteiger partial charge in [-0.1, -0.05) is 72.8 Å². The number of fused-ring (bicyclic) bond motifs is 4. The van der Waals surface area contributed by atoms with Crippen molar-refractivity contribution in [2.75, 3.05) is 5.32 Å². The second-order valence-corrected chi connectivity index (χ2v) is 8.00. The number of nitrogens with one attached hydrogen (secondary N) is 1. The molecule has 1 atom stereocenters. The zero-order chi connectivity index (χ0) is 19.1. The summed E-state index contributed by atoms with van der Waals surface area (Å²) in [6, 6.07) is 27.2. The number of aryl methyl sites for hydroxylation is 1. The minimum Gasteiger partial charge on any atom is -0.325 e. The van der Waals surface area contributed by atoms with E-state index in [1.807, 2.05) is 30.3 Å². The fraction of sp³-hybridized carbons (Fsp3) is 0.192. The van der Waals surface area contributed by atoms with E-state index < -0.39 is 5.41 Å². The molecule has 0 aromatic heterocycles. The minimum atomic E-state index is -0.580. The summed E-state index contributed by atoms with van der Waals surface area (Å²) in [4.78, 5) is 13.5. The topological polar surface area (TPSA) is 29.1 Å². The van der Waals surface area contributed by atoms with Crippen LogP contribution in [0.1, 0.15) is 35.6 Å². The first-order valence-electron chi connectivity index (χ1n) is 9.93. The molecule has 3 aromatic rings. The molecule has 0 radical (unpaired) electrons. The zero-order valence-corrected chi connectivity index (χ0v) is 16.0. The van der Waals surface area contributed by atoms with Crippen molar-refractivity contribution in [3.8, 4) is 0 Å². The van der Waals surface area contributed by atoms with Crippen LogP contribution in [0.2, 0.25) is 0 Å². The van der Waals surface area contributed by atoms with Crippen LogP contribution in [-0.2, 0) is 17.6 Å². The van der Waals surface area contributed by atoms with E-state index in [4.69, 9.17) is 0 Å². The maximum absolute atomic E-state index is 13.5. The monoisotopic (exact) mass is 365 g/mol. The Kier molecular flexibility index (Phi) is 3.94. The predicted molar refractivity (Wildman–Crippen MR) is 114 cm³/mol. The number of amides is 1. The molecule has 0 bridgehead atoms. The molecular weight excluding hydrogens is 342 g/mol. The van der Waals surface area contributed by atoms with Gasteiger partial charge in [-0.15, -0.1) is 0 Å². The van der Waals surface area contributed by atoms with Crippen LogP contribution in [0.25, 0.3) is 5.57 Å². The Morgan fingerprint density at radius 3 is 2.32 bits per heavy atom. The molecule has 1 aliphatic heterocycles. The Bertz CT molecular complexity index is 1100. The van der Waals surface area contributed by atoms with Crippen LogP contribution in [0.4, 0.5) is 5.69 Å². The molecule has 2 nitrogen and oxygen atoms in total. The fourth-order valence-electron chi connectivity index (χ4n) is 4.79. The molecule has 0 saturated heterocycles. The number of rotatable bonds is 2. The third kappa shape index (κ3) is 2.60. The number of benzene rings is 3. The minimum absolute atomic E-state index is 0.0909. The molecule has 5 rings (SSSR count). The average Bonchev–Trinajstić information content (AvgIpc) is 2.82. The van der Waals surface area contributed by atoms with Crippen molar-refractivity contribution in [3.05, 3.63) is 107 Å². The highest BCUT2D eigenvalue weighted by Gasteiger charge is 2.43. The van der Waals surface area contributed by atoms with Crippen molar-refractivity contribution in [1.82, 2.24) is 0 Å². The summed E-state index contributed by atoms with van der Waals surface area (Å²) in [7, 11) is 0. The summed E-state index contributed by atoms with van der Waals surface area (Å²) >= 11 is 0. The van der Waals surface area contributed by atoms with Gasteiger partial charge in [-0.05, 0) is 60.1 Å². The van der Waals surface area contributed by atoms with Crippen molar-refractivity contribution in [3.63, 3.8) is 0 Å². The molecule has 2 aliphatic rings. The smallest absolute Gasteiger partial charge is 0.234 e. The van der Waals surface area contributed by atoms with Gasteiger partial charge in [0.2, 0.25) is 5.91 Å². The van der Waals surface area contributed by atoms with E-state index in [1.165, 1.54) is 27.8 Å². The largest absolute Gasteiger partial charge is 0.325 e. The van der Waals surface area contributed by atoms with E-state index in [-0.39, 0.29) is 5.91 Å². The third-order valence-electron chi connectivity index (χ3n) is 6.25. The summed E-state index contributed by atoms with van der Waals surface area (Å²) in [5.41, 5.74) is 7.80. The fourth-order valence-corrected chi connectivity index (χ4v) is 4.79. The Morgan fingerprint density at radius 1 is 0.821 bits per heavy atom. The summed E-state index contributed by atoms with van der Waals surface area (Å²) in [6.45, 7) is 2.12. The molecule has 138 valence electrons. The van der Waals surface area contributed by atoms with Crippen LogP contribution in [-0.4, -0.2) is 5.91 Å². The molecular formula is C26H23NO. The number of carbonyl (C=O) groups is 1. The number of anilines is 1. The van der Waals surface area contributed by atoms with E-state index in [1.54, 1.807) is 0 Å². The van der Waals surface area contributed by atoms with E-state index >= 15 is 0 Å². The molecule has 1 N–H and O–H groups in total. The van der Waals surface area contributed by atoms with E-state index in [9.17, 15) is 4.79 Å². The number of hydrogen-bond donors (Lipinski definition) is 1. The summed E-state index contributed by atoms with van der Waals surface area (Å²) in [6.07, 6.45) is 2.60. The van der Waals surface area contributed by atoms with E-state index in [0.29, 0.717) is 6.42 Å². The van der Waals surface area contributed by atoms with Crippen molar-refractivity contribution >= 4 is 17.2 Å². The standard InChI is InChI=1S/C26H23NO/c1-26(17-18-9-3-2-4-10-18)22-16-15-19-11-5-6-12-20(19)24(22)21-13-7-8-14-23(21)27-25(26)28/h2-14H,15-17H2,1H3,(H,27,28). The van der Waals surface area contributed by atoms with Gasteiger partial charge in [0.1, 0.15) is 0 Å². The molecule has 0 fully saturated rings. The Morgan fingerprint density at radius 2 is 1.50 bits per heavy atom. The third-order valence-corrected chi connectivity index (χ3v) is 6.25. The second kappa shape index (κ2) is 6.49. The maximum Gasteiger partial charge on any atom is 0.234 e. The molecule has 28 heavy (non-hydrogen) atoms. The normalized spacial score (nSPS) is 20.5. The van der Waals surface area contributed by atoms with Crippen molar-refractivity contribution in [2.24, 2.45) is 5.41 Å². The van der Waals surface area contributed by atoms with Gasteiger partial charge in [0, 0.05) is 11.3 Å². The molecule has 1 unspecified atom stereocenters. The highest BCUT2D eigenvalue weighted by molar-refractivity contribution is 6.06. The van der Waals surface area contributed by atoms with Crippen LogP contribution in [0.5, 0.6) is 0 Å². The van der Waals surface area contributed by atoms with Crippen LogP contribution in [0.3, 0.4) is 0 Å². The van der Waals surface area contributed by atoms with Gasteiger partial charge in [-0.3, -0.25) is 4.79 Å². The molecule has 0 saturated carbocycles. The van der Waals surface area contributed by atoms with Crippen LogP contribution in [0, 0.1) is 5.41 Å². The van der Waals surface area contributed by atoms with Gasteiger partial charge in [-0.2, -0.15) is 0 Å². The quantitative estimate of drug-likeness (QED) is 0.626. The van der Waals surface area contributed by atoms with Gasteiger partial charge in [0.05, 0.1) is 5.41 Å². The molecule has 2 heteroatoms. The number of carbonyl (C=O) groups excluding carboxylic acids is 1. The first-order valence-corrected chi connectivity index (χ1v) is 9.93. The van der Waals surface area contributed by atoms with Gasteiger partial charge in [0.15, 0.2) is 0 Å². The zero-order valence-electron chi connectivity index (χ0n) is 16.0. The molecule has 3 aromatic carbocycles. The van der Waals surface area contributed by atoms with E-state index in [2.05, 4.69) is 60.8 Å². The lowest BCUT2D eigenvalue weighted by molar-refractivity contribution is -0.123. The second-order valence-electron chi connectivity index (χ2n) is 8.00. The predicted octanol–water partition coefficient (Wildman–Crippen LogP) is 5.64. The summed E-state index contributed by atoms with van der Waals surface area (Å²) < 4.78 is 0. The Labute approximate surface area is 165 Å². The van der Waals surface area contributed by atoms with Crippen molar-refractivity contribution < 1.29 is 4.79 Å². The lowest BCUT2D eigenvalue weighted by atomic mass is 9.68. The summed E-state index contributed by atoms with van der Waals surface area (Å²) in [5.74, 6) is 0.0909. The van der Waals surface area contributed by atoms with E-state index in [0.717, 1.165) is 24.1 Å².